The zero-order valence-corrected chi connectivity index (χ0v) is 19.0. The van der Waals surface area contributed by atoms with Crippen LogP contribution in [0.15, 0.2) is 78.0 Å². The summed E-state index contributed by atoms with van der Waals surface area (Å²) < 4.78 is 40.5. The lowest BCUT2D eigenvalue weighted by Gasteiger charge is -2.19. The van der Waals surface area contributed by atoms with Gasteiger partial charge in [-0.05, 0) is 66.1 Å². The van der Waals surface area contributed by atoms with Crippen LogP contribution in [0.3, 0.4) is 0 Å². The van der Waals surface area contributed by atoms with E-state index in [2.05, 4.69) is 20.2 Å². The molecule has 4 aromatic heterocycles. The van der Waals surface area contributed by atoms with Gasteiger partial charge in [-0.1, -0.05) is 6.07 Å². The zero-order chi connectivity index (χ0) is 25.4. The molecule has 5 rings (SSSR count). The van der Waals surface area contributed by atoms with Crippen LogP contribution in [0.4, 0.5) is 13.2 Å². The number of benzene rings is 1. The summed E-state index contributed by atoms with van der Waals surface area (Å²) in [6.45, 7) is 1.34. The number of aliphatic hydroxyl groups is 1. The fourth-order valence-corrected chi connectivity index (χ4v) is 4.20. The lowest BCUT2D eigenvalue weighted by atomic mass is 10.0. The van der Waals surface area contributed by atoms with Crippen LogP contribution in [0.2, 0.25) is 0 Å². The van der Waals surface area contributed by atoms with E-state index < -0.39 is 30.1 Å². The summed E-state index contributed by atoms with van der Waals surface area (Å²) in [5, 5.41) is 18.2. The highest BCUT2D eigenvalue weighted by atomic mass is 19.4. The lowest BCUT2D eigenvalue weighted by Crippen LogP contribution is -2.27. The molecule has 0 fully saturated rings. The second-order valence-corrected chi connectivity index (χ2v) is 8.35. The summed E-state index contributed by atoms with van der Waals surface area (Å²) in [4.78, 5) is 20.6. The van der Waals surface area contributed by atoms with Gasteiger partial charge in [0, 0.05) is 41.3 Å². The number of alkyl halides is 3. The van der Waals surface area contributed by atoms with E-state index in [0.717, 1.165) is 45.7 Å². The summed E-state index contributed by atoms with van der Waals surface area (Å²) in [6, 6.07) is 13.7. The van der Waals surface area contributed by atoms with E-state index in [1.165, 1.54) is 22.9 Å². The van der Waals surface area contributed by atoms with Crippen molar-refractivity contribution in [3.05, 3.63) is 100 Å². The summed E-state index contributed by atoms with van der Waals surface area (Å²) in [5.41, 5.74) is 3.32. The third kappa shape index (κ3) is 4.38. The number of hydrogen-bond donors (Lipinski definition) is 2. The molecule has 0 bridgehead atoms. The Kier molecular flexibility index (Phi) is 5.89. The van der Waals surface area contributed by atoms with Crippen molar-refractivity contribution in [1.29, 1.82) is 0 Å². The van der Waals surface area contributed by atoms with Crippen molar-refractivity contribution in [2.24, 2.45) is 0 Å². The quantitative estimate of drug-likeness (QED) is 0.370. The Hall–Kier alpha value is -4.31. The molecular weight excluding hydrogens is 471 g/mol. The predicted octanol–water partition coefficient (Wildman–Crippen LogP) is 4.76. The third-order valence-corrected chi connectivity index (χ3v) is 5.98. The molecule has 5 aromatic rings. The standard InChI is InChI=1S/C26H20F3N5O2/c1-15-10-19(5-7-30-15)25-20-11-16(2-3-21(20)32-33-25)17-6-9-34(24(36)13-17)22(14-35)18-4-8-31-23(12-18)26(27,28)29/h2-13,22,35H,14H2,1H3,(H,32,33)/t22-/m1/s1. The average Bonchev–Trinajstić information content (AvgIpc) is 3.28. The van der Waals surface area contributed by atoms with Crippen molar-refractivity contribution in [3.63, 3.8) is 0 Å². The van der Waals surface area contributed by atoms with E-state index in [9.17, 15) is 23.1 Å². The van der Waals surface area contributed by atoms with Crippen molar-refractivity contribution in [1.82, 2.24) is 24.7 Å². The Morgan fingerprint density at radius 2 is 1.75 bits per heavy atom. The highest BCUT2D eigenvalue weighted by Crippen LogP contribution is 2.31. The second-order valence-electron chi connectivity index (χ2n) is 8.35. The summed E-state index contributed by atoms with van der Waals surface area (Å²) >= 11 is 0. The first kappa shape index (κ1) is 23.4. The fraction of sp³-hybridized carbons (Fsp3) is 0.154. The molecule has 0 aliphatic rings. The van der Waals surface area contributed by atoms with Gasteiger partial charge in [0.15, 0.2) is 0 Å². The Morgan fingerprint density at radius 1 is 0.972 bits per heavy atom. The SMILES string of the molecule is Cc1cc(-c2n[nH]c3ccc(-c4ccn([C@H](CO)c5ccnc(C(F)(F)F)c5)c(=O)c4)cc23)ccn1. The van der Waals surface area contributed by atoms with Gasteiger partial charge in [-0.2, -0.15) is 18.3 Å². The fourth-order valence-electron chi connectivity index (χ4n) is 4.20. The number of rotatable bonds is 5. The van der Waals surface area contributed by atoms with Gasteiger partial charge >= 0.3 is 6.18 Å². The van der Waals surface area contributed by atoms with Crippen molar-refractivity contribution in [3.8, 4) is 22.4 Å². The van der Waals surface area contributed by atoms with Crippen molar-refractivity contribution < 1.29 is 18.3 Å². The maximum Gasteiger partial charge on any atom is 0.433 e. The van der Waals surface area contributed by atoms with Crippen molar-refractivity contribution >= 4 is 10.9 Å². The van der Waals surface area contributed by atoms with Gasteiger partial charge in [-0.3, -0.25) is 19.9 Å². The second kappa shape index (κ2) is 9.04. The molecule has 1 atom stereocenters. The predicted molar refractivity (Wildman–Crippen MR) is 128 cm³/mol. The van der Waals surface area contributed by atoms with Gasteiger partial charge in [0.1, 0.15) is 11.4 Å². The largest absolute Gasteiger partial charge is 0.433 e. The zero-order valence-electron chi connectivity index (χ0n) is 19.0. The number of pyridine rings is 3. The molecule has 182 valence electrons. The molecule has 0 unspecified atom stereocenters. The van der Waals surface area contributed by atoms with Crippen LogP contribution in [-0.2, 0) is 6.18 Å². The minimum Gasteiger partial charge on any atom is -0.394 e. The number of aryl methyl sites for hydroxylation is 1. The molecule has 10 heteroatoms. The number of aromatic nitrogens is 5. The molecule has 0 saturated heterocycles. The van der Waals surface area contributed by atoms with Crippen LogP contribution in [-0.4, -0.2) is 36.4 Å². The summed E-state index contributed by atoms with van der Waals surface area (Å²) in [5.74, 6) is 0. The monoisotopic (exact) mass is 491 g/mol. The van der Waals surface area contributed by atoms with Crippen molar-refractivity contribution in [2.75, 3.05) is 6.61 Å². The maximum absolute atomic E-state index is 13.1. The summed E-state index contributed by atoms with van der Waals surface area (Å²) in [6.07, 6.45) is -0.432. The van der Waals surface area contributed by atoms with E-state index in [0.29, 0.717) is 5.56 Å². The molecular formula is C26H20F3N5O2. The number of aliphatic hydroxyl groups excluding tert-OH is 1. The van der Waals surface area contributed by atoms with Crippen LogP contribution in [0.25, 0.3) is 33.3 Å². The molecule has 0 aliphatic heterocycles. The van der Waals surface area contributed by atoms with E-state index in [4.69, 9.17) is 0 Å². The molecule has 1 aromatic carbocycles. The molecule has 36 heavy (non-hydrogen) atoms. The van der Waals surface area contributed by atoms with E-state index >= 15 is 0 Å². The first-order valence-electron chi connectivity index (χ1n) is 11.0. The Balaban J connectivity index is 1.52. The van der Waals surface area contributed by atoms with Gasteiger partial charge in [-0.25, -0.2) is 0 Å². The molecule has 4 heterocycles. The molecule has 0 spiro atoms. The molecule has 0 amide bonds. The van der Waals surface area contributed by atoms with E-state index in [1.807, 2.05) is 37.3 Å². The summed E-state index contributed by atoms with van der Waals surface area (Å²) in [7, 11) is 0. The third-order valence-electron chi connectivity index (χ3n) is 5.98. The van der Waals surface area contributed by atoms with Gasteiger partial charge < -0.3 is 9.67 Å². The average molecular weight is 491 g/mol. The Labute approximate surface area is 202 Å². The number of hydrogen-bond acceptors (Lipinski definition) is 5. The van der Waals surface area contributed by atoms with Crippen LogP contribution < -0.4 is 5.56 Å². The highest BCUT2D eigenvalue weighted by molar-refractivity contribution is 5.95. The van der Waals surface area contributed by atoms with Gasteiger partial charge in [0.05, 0.1) is 18.2 Å². The molecule has 0 aliphatic carbocycles. The smallest absolute Gasteiger partial charge is 0.394 e. The number of nitrogens with one attached hydrogen (secondary N) is 1. The van der Waals surface area contributed by atoms with E-state index in [-0.39, 0.29) is 5.56 Å². The minimum absolute atomic E-state index is 0.131. The Morgan fingerprint density at radius 3 is 2.47 bits per heavy atom. The van der Waals surface area contributed by atoms with Crippen LogP contribution in [0.1, 0.15) is 23.0 Å². The minimum atomic E-state index is -4.63. The van der Waals surface area contributed by atoms with Crippen LogP contribution in [0, 0.1) is 6.92 Å². The van der Waals surface area contributed by atoms with Crippen LogP contribution in [0.5, 0.6) is 0 Å². The number of halogens is 3. The topological polar surface area (TPSA) is 96.7 Å². The molecule has 2 N–H and O–H groups in total. The van der Waals surface area contributed by atoms with Crippen LogP contribution >= 0.6 is 0 Å². The van der Waals surface area contributed by atoms with E-state index in [1.54, 1.807) is 12.3 Å². The number of fused-ring (bicyclic) bond motifs is 1. The Bertz CT molecular complexity index is 1620. The first-order chi connectivity index (χ1) is 17.2. The lowest BCUT2D eigenvalue weighted by molar-refractivity contribution is -0.141. The first-order valence-corrected chi connectivity index (χ1v) is 11.0. The van der Waals surface area contributed by atoms with Gasteiger partial charge in [0.25, 0.3) is 5.56 Å². The normalized spacial score (nSPS) is 12.7. The molecule has 0 saturated carbocycles. The highest BCUT2D eigenvalue weighted by Gasteiger charge is 2.33. The van der Waals surface area contributed by atoms with Gasteiger partial charge in [-0.15, -0.1) is 0 Å². The van der Waals surface area contributed by atoms with Crippen molar-refractivity contribution in [2.45, 2.75) is 19.1 Å². The number of nitrogens with zero attached hydrogens (tertiary/aromatic N) is 4. The number of aromatic amines is 1. The van der Waals surface area contributed by atoms with Gasteiger partial charge in [0.2, 0.25) is 0 Å². The number of H-pyrrole nitrogens is 1. The molecule has 0 radical (unpaired) electrons. The molecule has 7 nitrogen and oxygen atoms in total. The maximum atomic E-state index is 13.1.